The van der Waals surface area contributed by atoms with Gasteiger partial charge in [-0.3, -0.25) is 4.79 Å². The van der Waals surface area contributed by atoms with Crippen molar-refractivity contribution in [2.75, 3.05) is 27.9 Å². The van der Waals surface area contributed by atoms with Crippen LogP contribution in [0.5, 0.6) is 0 Å². The van der Waals surface area contributed by atoms with Crippen LogP contribution in [-0.2, 0) is 18.1 Å². The van der Waals surface area contributed by atoms with Crippen LogP contribution in [0, 0.1) is 0 Å². The fourth-order valence-electron chi connectivity index (χ4n) is 1.66. The van der Waals surface area contributed by atoms with Crippen LogP contribution in [0.3, 0.4) is 0 Å². The fraction of sp³-hybridized carbons (Fsp3) is 0.875. The summed E-state index contributed by atoms with van der Waals surface area (Å²) in [6.45, 7) is 0.625. The molecule has 0 aromatic rings. The molecule has 2 atom stereocenters. The van der Waals surface area contributed by atoms with E-state index in [1.54, 1.807) is 0 Å². The molecule has 5 nitrogen and oxygen atoms in total. The summed E-state index contributed by atoms with van der Waals surface area (Å²) in [5, 5.41) is 2.86. The molecule has 15 heavy (non-hydrogen) atoms. The van der Waals surface area contributed by atoms with Gasteiger partial charge in [-0.2, -0.15) is 0 Å². The molecule has 88 valence electrons. The minimum Gasteiger partial charge on any atom is -0.372 e. The Morgan fingerprint density at radius 3 is 2.20 bits per heavy atom. The van der Waals surface area contributed by atoms with Gasteiger partial charge in [-0.15, -0.1) is 11.6 Å². The Hall–Kier alpha value is 0.0169. The molecule has 0 bridgehead atoms. The summed E-state index contributed by atoms with van der Waals surface area (Å²) in [5.41, 5.74) is 0. The minimum absolute atomic E-state index is 0.0174. The van der Waals surface area contributed by atoms with E-state index in [1.165, 1.54) is 21.3 Å². The van der Waals surface area contributed by atoms with Crippen molar-refractivity contribution in [2.45, 2.75) is 17.8 Å². The second-order valence-electron chi connectivity index (χ2n) is 3.33. The molecular formula is C8H16ClNO4Si. The first-order valence-corrected chi connectivity index (χ1v) is 6.83. The van der Waals surface area contributed by atoms with Crippen LogP contribution < -0.4 is 5.32 Å². The van der Waals surface area contributed by atoms with Crippen molar-refractivity contribution in [1.82, 2.24) is 5.32 Å². The predicted octanol–water partition coefficient (Wildman–Crippen LogP) is -0.0579. The van der Waals surface area contributed by atoms with Gasteiger partial charge in [-0.05, 0) is 6.42 Å². The third-order valence-electron chi connectivity index (χ3n) is 2.50. The van der Waals surface area contributed by atoms with Crippen LogP contribution in [0.15, 0.2) is 0 Å². The number of halogens is 1. The lowest BCUT2D eigenvalue weighted by Crippen LogP contribution is -2.57. The average Bonchev–Trinajstić information content (AvgIpc) is 2.68. The Morgan fingerprint density at radius 1 is 1.33 bits per heavy atom. The van der Waals surface area contributed by atoms with E-state index < -0.39 is 8.80 Å². The van der Waals surface area contributed by atoms with E-state index >= 15 is 0 Å². The number of carbonyl (C=O) groups is 1. The Kier molecular flexibility index (Phi) is 4.69. The second-order valence-corrected chi connectivity index (χ2v) is 6.77. The lowest BCUT2D eigenvalue weighted by atomic mass is 10.2. The van der Waals surface area contributed by atoms with Gasteiger partial charge in [0.05, 0.1) is 6.04 Å². The molecule has 0 radical (unpaired) electrons. The molecule has 1 fully saturated rings. The van der Waals surface area contributed by atoms with Gasteiger partial charge >= 0.3 is 8.80 Å². The molecular weight excluding hydrogens is 238 g/mol. The maximum absolute atomic E-state index is 12.1. The fourth-order valence-corrected chi connectivity index (χ4v) is 3.67. The maximum Gasteiger partial charge on any atom is 0.575 e. The van der Waals surface area contributed by atoms with Gasteiger partial charge in [0.25, 0.3) is 0 Å². The standard InChI is InChI=1S/C8H16ClNO4Si/c1-12-15(13-2,14-3)8(11)7-4-6(9)5-10-7/h6-7,10H,4-5H2,1-3H3/t6?,7-/m0/s1. The summed E-state index contributed by atoms with van der Waals surface area (Å²) in [4.78, 5) is 12.1. The molecule has 0 aromatic heterocycles. The van der Waals surface area contributed by atoms with Crippen molar-refractivity contribution in [3.63, 3.8) is 0 Å². The molecule has 7 heteroatoms. The topological polar surface area (TPSA) is 56.8 Å². The van der Waals surface area contributed by atoms with Crippen LogP contribution >= 0.6 is 11.6 Å². The molecule has 1 saturated heterocycles. The van der Waals surface area contributed by atoms with Crippen LogP contribution in [0.25, 0.3) is 0 Å². The van der Waals surface area contributed by atoms with Crippen LogP contribution in [0.1, 0.15) is 6.42 Å². The highest BCUT2D eigenvalue weighted by Crippen LogP contribution is 2.18. The van der Waals surface area contributed by atoms with Crippen molar-refractivity contribution < 1.29 is 18.1 Å². The zero-order valence-corrected chi connectivity index (χ0v) is 10.8. The highest BCUT2D eigenvalue weighted by Gasteiger charge is 2.52. The second kappa shape index (κ2) is 5.38. The van der Waals surface area contributed by atoms with Crippen LogP contribution in [-0.4, -0.2) is 53.5 Å². The molecule has 1 aliphatic heterocycles. The van der Waals surface area contributed by atoms with Crippen molar-refractivity contribution >= 4 is 25.8 Å². The van der Waals surface area contributed by atoms with E-state index in [2.05, 4.69) is 5.32 Å². The zero-order valence-electron chi connectivity index (χ0n) is 9.08. The quantitative estimate of drug-likeness (QED) is 0.550. The third-order valence-corrected chi connectivity index (χ3v) is 5.40. The first-order valence-electron chi connectivity index (χ1n) is 4.67. The number of nitrogens with one attached hydrogen (secondary N) is 1. The highest BCUT2D eigenvalue weighted by molar-refractivity contribution is 6.93. The molecule has 0 aromatic carbocycles. The monoisotopic (exact) mass is 253 g/mol. The number of rotatable bonds is 5. The first kappa shape index (κ1) is 13.1. The van der Waals surface area contributed by atoms with Gasteiger partial charge in [0.1, 0.15) is 0 Å². The summed E-state index contributed by atoms with van der Waals surface area (Å²) in [7, 11) is 1.09. The van der Waals surface area contributed by atoms with E-state index in [4.69, 9.17) is 24.9 Å². The summed E-state index contributed by atoms with van der Waals surface area (Å²) in [6.07, 6.45) is 0.589. The van der Waals surface area contributed by atoms with E-state index in [0.717, 1.165) is 0 Å². The van der Waals surface area contributed by atoms with Gasteiger partial charge in [0.2, 0.25) is 5.41 Å². The SMILES string of the molecule is CO[Si](OC)(OC)C(=O)[C@@H]1CC(Cl)CN1. The lowest BCUT2D eigenvalue weighted by molar-refractivity contribution is -0.119. The minimum atomic E-state index is -3.18. The molecule has 1 N–H and O–H groups in total. The Morgan fingerprint density at radius 2 is 1.87 bits per heavy atom. The van der Waals surface area contributed by atoms with E-state index in [1.807, 2.05) is 0 Å². The van der Waals surface area contributed by atoms with Gasteiger partial charge in [-0.1, -0.05) is 0 Å². The smallest absolute Gasteiger partial charge is 0.372 e. The Balaban J connectivity index is 2.72. The van der Waals surface area contributed by atoms with E-state index in [9.17, 15) is 4.79 Å². The Bertz CT molecular complexity index is 228. The summed E-state index contributed by atoms with van der Waals surface area (Å²) < 4.78 is 15.3. The van der Waals surface area contributed by atoms with Crippen LogP contribution in [0.4, 0.5) is 0 Å². The molecule has 0 spiro atoms. The van der Waals surface area contributed by atoms with Gasteiger partial charge in [0.15, 0.2) is 0 Å². The first-order chi connectivity index (χ1) is 7.09. The highest BCUT2D eigenvalue weighted by atomic mass is 35.5. The molecule has 1 rings (SSSR count). The van der Waals surface area contributed by atoms with Gasteiger partial charge in [0, 0.05) is 33.3 Å². The molecule has 0 aliphatic carbocycles. The largest absolute Gasteiger partial charge is 0.575 e. The number of hydrogen-bond donors (Lipinski definition) is 1. The van der Waals surface area contributed by atoms with E-state index in [-0.39, 0.29) is 16.8 Å². The van der Waals surface area contributed by atoms with Crippen molar-refractivity contribution in [1.29, 1.82) is 0 Å². The zero-order chi connectivity index (χ0) is 11.5. The van der Waals surface area contributed by atoms with Crippen molar-refractivity contribution in [3.8, 4) is 0 Å². The number of alkyl halides is 1. The predicted molar refractivity (Wildman–Crippen MR) is 57.8 cm³/mol. The normalized spacial score (nSPS) is 26.9. The summed E-state index contributed by atoms with van der Waals surface area (Å²) in [6, 6.07) is -0.320. The number of hydrogen-bond acceptors (Lipinski definition) is 5. The molecule has 1 heterocycles. The summed E-state index contributed by atoms with van der Waals surface area (Å²) >= 11 is 5.91. The molecule has 0 saturated carbocycles. The van der Waals surface area contributed by atoms with Crippen molar-refractivity contribution in [2.24, 2.45) is 0 Å². The average molecular weight is 254 g/mol. The van der Waals surface area contributed by atoms with Crippen LogP contribution in [0.2, 0.25) is 0 Å². The summed E-state index contributed by atoms with van der Waals surface area (Å²) in [5.74, 6) is 0. The molecule has 1 aliphatic rings. The van der Waals surface area contributed by atoms with Crippen molar-refractivity contribution in [3.05, 3.63) is 0 Å². The molecule has 1 unspecified atom stereocenters. The lowest BCUT2D eigenvalue weighted by Gasteiger charge is -2.25. The number of carbonyl (C=O) groups excluding carboxylic acids is 1. The van der Waals surface area contributed by atoms with Gasteiger partial charge in [-0.25, -0.2) is 0 Å². The third kappa shape index (κ3) is 2.58. The van der Waals surface area contributed by atoms with Gasteiger partial charge < -0.3 is 18.6 Å². The van der Waals surface area contributed by atoms with E-state index in [0.29, 0.717) is 13.0 Å². The maximum atomic E-state index is 12.1. The Labute approximate surface area is 95.4 Å². The molecule has 0 amide bonds.